The average Bonchev–Trinajstić information content (AvgIpc) is 2.55. The molecule has 0 aliphatic heterocycles. The van der Waals surface area contributed by atoms with E-state index in [9.17, 15) is 8.42 Å². The summed E-state index contributed by atoms with van der Waals surface area (Å²) in [6, 6.07) is 11.3. The summed E-state index contributed by atoms with van der Waals surface area (Å²) >= 11 is 6.03. The van der Waals surface area contributed by atoms with Gasteiger partial charge in [0.15, 0.2) is 0 Å². The lowest BCUT2D eigenvalue weighted by Gasteiger charge is -2.22. The molecule has 23 heavy (non-hydrogen) atoms. The first-order valence-corrected chi connectivity index (χ1v) is 8.78. The summed E-state index contributed by atoms with van der Waals surface area (Å²) < 4.78 is 37.3. The summed E-state index contributed by atoms with van der Waals surface area (Å²) in [7, 11) is -0.817. The van der Waals surface area contributed by atoms with Crippen molar-refractivity contribution in [3.8, 4) is 11.5 Å². The largest absolute Gasteiger partial charge is 0.495 e. The van der Waals surface area contributed by atoms with E-state index in [4.69, 9.17) is 21.1 Å². The van der Waals surface area contributed by atoms with E-state index < -0.39 is 10.0 Å². The van der Waals surface area contributed by atoms with Crippen LogP contribution in [-0.4, -0.2) is 29.2 Å². The summed E-state index contributed by atoms with van der Waals surface area (Å²) in [4.78, 5) is 0.0806. The normalized spacial score (nSPS) is 11.1. The molecule has 124 valence electrons. The van der Waals surface area contributed by atoms with Crippen molar-refractivity contribution in [1.82, 2.24) is 0 Å². The van der Waals surface area contributed by atoms with Crippen molar-refractivity contribution in [3.63, 3.8) is 0 Å². The lowest BCUT2D eigenvalue weighted by Crippen LogP contribution is -2.27. The number of hydrogen-bond donors (Lipinski definition) is 0. The topological polar surface area (TPSA) is 55.8 Å². The fourth-order valence-electron chi connectivity index (χ4n) is 2.09. The van der Waals surface area contributed by atoms with Crippen LogP contribution < -0.4 is 13.8 Å². The summed E-state index contributed by atoms with van der Waals surface area (Å²) in [5.41, 5.74) is 0.460. The molecule has 7 heteroatoms. The van der Waals surface area contributed by atoms with Crippen LogP contribution in [0.4, 0.5) is 5.69 Å². The molecule has 0 aliphatic carbocycles. The predicted octanol–water partition coefficient (Wildman–Crippen LogP) is 3.57. The van der Waals surface area contributed by atoms with E-state index >= 15 is 0 Å². The van der Waals surface area contributed by atoms with Crippen LogP contribution in [0.5, 0.6) is 11.5 Å². The zero-order chi connectivity index (χ0) is 17.0. The molecule has 2 aromatic carbocycles. The SMILES string of the molecule is CCOc1ccccc1N(C)S(=O)(=O)c1ccc(OC)c(Cl)c1. The van der Waals surface area contributed by atoms with E-state index in [-0.39, 0.29) is 9.92 Å². The van der Waals surface area contributed by atoms with Crippen LogP contribution in [0.1, 0.15) is 6.92 Å². The third-order valence-electron chi connectivity index (χ3n) is 3.29. The maximum Gasteiger partial charge on any atom is 0.264 e. The first-order chi connectivity index (χ1) is 10.9. The highest BCUT2D eigenvalue weighted by atomic mass is 35.5. The maximum absolute atomic E-state index is 12.8. The smallest absolute Gasteiger partial charge is 0.264 e. The van der Waals surface area contributed by atoms with Crippen molar-refractivity contribution in [2.75, 3.05) is 25.1 Å². The summed E-state index contributed by atoms with van der Waals surface area (Å²) in [5.74, 6) is 0.920. The standard InChI is InChI=1S/C16H18ClNO4S/c1-4-22-16-8-6-5-7-14(16)18(2)23(19,20)12-9-10-15(21-3)13(17)11-12/h5-11H,4H2,1-3H3. The van der Waals surface area contributed by atoms with E-state index in [0.29, 0.717) is 23.8 Å². The van der Waals surface area contributed by atoms with E-state index in [2.05, 4.69) is 0 Å². The number of nitrogens with zero attached hydrogens (tertiary/aromatic N) is 1. The van der Waals surface area contributed by atoms with Crippen molar-refractivity contribution in [1.29, 1.82) is 0 Å². The van der Waals surface area contributed by atoms with Crippen LogP contribution >= 0.6 is 11.6 Å². The molecule has 0 atom stereocenters. The minimum Gasteiger partial charge on any atom is -0.495 e. The highest BCUT2D eigenvalue weighted by Crippen LogP contribution is 2.33. The van der Waals surface area contributed by atoms with Gasteiger partial charge >= 0.3 is 0 Å². The Kier molecular flexibility index (Phi) is 5.38. The van der Waals surface area contributed by atoms with Gasteiger partial charge in [0.05, 0.1) is 29.3 Å². The first-order valence-electron chi connectivity index (χ1n) is 6.96. The van der Waals surface area contributed by atoms with Gasteiger partial charge in [-0.2, -0.15) is 0 Å². The lowest BCUT2D eigenvalue weighted by molar-refractivity contribution is 0.341. The highest BCUT2D eigenvalue weighted by molar-refractivity contribution is 7.92. The van der Waals surface area contributed by atoms with Crippen molar-refractivity contribution < 1.29 is 17.9 Å². The van der Waals surface area contributed by atoms with E-state index in [0.717, 1.165) is 0 Å². The fraction of sp³-hybridized carbons (Fsp3) is 0.250. The molecule has 5 nitrogen and oxygen atoms in total. The number of benzene rings is 2. The molecule has 0 aliphatic rings. The quantitative estimate of drug-likeness (QED) is 0.794. The number of sulfonamides is 1. The van der Waals surface area contributed by atoms with Crippen LogP contribution in [0, 0.1) is 0 Å². The van der Waals surface area contributed by atoms with Gasteiger partial charge in [0.25, 0.3) is 10.0 Å². The van der Waals surface area contributed by atoms with Gasteiger partial charge in [-0.25, -0.2) is 8.42 Å². The van der Waals surface area contributed by atoms with Crippen LogP contribution in [-0.2, 0) is 10.0 Å². The predicted molar refractivity (Wildman–Crippen MR) is 91.2 cm³/mol. The second kappa shape index (κ2) is 7.10. The Hall–Kier alpha value is -1.92. The molecular formula is C16H18ClNO4S. The summed E-state index contributed by atoms with van der Waals surface area (Å²) in [5, 5.41) is 0.236. The third kappa shape index (κ3) is 3.54. The minimum atomic E-state index is -3.77. The Morgan fingerprint density at radius 1 is 1.13 bits per heavy atom. The summed E-state index contributed by atoms with van der Waals surface area (Å²) in [6.07, 6.45) is 0. The molecule has 0 radical (unpaired) electrons. The van der Waals surface area contributed by atoms with Crippen LogP contribution in [0.2, 0.25) is 5.02 Å². The van der Waals surface area contributed by atoms with Gasteiger partial charge < -0.3 is 9.47 Å². The Morgan fingerprint density at radius 3 is 2.43 bits per heavy atom. The van der Waals surface area contributed by atoms with Gasteiger partial charge in [0, 0.05) is 7.05 Å². The monoisotopic (exact) mass is 355 g/mol. The number of para-hydroxylation sites is 2. The molecule has 0 fully saturated rings. The molecule has 2 rings (SSSR count). The second-order valence-corrected chi connectivity index (χ2v) is 7.05. The molecule has 0 spiro atoms. The molecule has 0 saturated heterocycles. The molecule has 0 unspecified atom stereocenters. The molecule has 0 N–H and O–H groups in total. The van der Waals surface area contributed by atoms with Crippen molar-refractivity contribution in [2.24, 2.45) is 0 Å². The molecule has 0 heterocycles. The Balaban J connectivity index is 2.45. The Bertz CT molecular complexity index is 792. The molecule has 0 amide bonds. The molecule has 0 bridgehead atoms. The van der Waals surface area contributed by atoms with E-state index in [1.54, 1.807) is 24.3 Å². The van der Waals surface area contributed by atoms with Crippen LogP contribution in [0.25, 0.3) is 0 Å². The van der Waals surface area contributed by atoms with Gasteiger partial charge in [-0.3, -0.25) is 4.31 Å². The number of rotatable bonds is 6. The molecule has 2 aromatic rings. The zero-order valence-corrected chi connectivity index (χ0v) is 14.7. The van der Waals surface area contributed by atoms with E-state index in [1.165, 1.54) is 36.7 Å². The van der Waals surface area contributed by atoms with Gasteiger partial charge in [0.2, 0.25) is 0 Å². The zero-order valence-electron chi connectivity index (χ0n) is 13.1. The molecule has 0 saturated carbocycles. The number of ether oxygens (including phenoxy) is 2. The fourth-order valence-corrected chi connectivity index (χ4v) is 3.65. The average molecular weight is 356 g/mol. The number of methoxy groups -OCH3 is 1. The first kappa shape index (κ1) is 17.4. The Morgan fingerprint density at radius 2 is 1.83 bits per heavy atom. The molecular weight excluding hydrogens is 338 g/mol. The van der Waals surface area contributed by atoms with Crippen molar-refractivity contribution in [2.45, 2.75) is 11.8 Å². The van der Waals surface area contributed by atoms with E-state index in [1.807, 2.05) is 6.92 Å². The minimum absolute atomic E-state index is 0.0806. The number of hydrogen-bond acceptors (Lipinski definition) is 4. The van der Waals surface area contributed by atoms with Crippen molar-refractivity contribution in [3.05, 3.63) is 47.5 Å². The van der Waals surface area contributed by atoms with Gasteiger partial charge in [0.1, 0.15) is 11.5 Å². The van der Waals surface area contributed by atoms with Crippen LogP contribution in [0.3, 0.4) is 0 Å². The second-order valence-electron chi connectivity index (χ2n) is 4.67. The third-order valence-corrected chi connectivity index (χ3v) is 5.35. The van der Waals surface area contributed by atoms with Gasteiger partial charge in [-0.1, -0.05) is 23.7 Å². The van der Waals surface area contributed by atoms with Gasteiger partial charge in [-0.05, 0) is 37.3 Å². The lowest BCUT2D eigenvalue weighted by atomic mass is 10.3. The van der Waals surface area contributed by atoms with Crippen LogP contribution in [0.15, 0.2) is 47.4 Å². The van der Waals surface area contributed by atoms with Crippen molar-refractivity contribution >= 4 is 27.3 Å². The molecule has 0 aromatic heterocycles. The highest BCUT2D eigenvalue weighted by Gasteiger charge is 2.24. The Labute approximate surface area is 141 Å². The number of halogens is 1. The maximum atomic E-state index is 12.8. The summed E-state index contributed by atoms with van der Waals surface area (Å²) in [6.45, 7) is 2.29. The number of anilines is 1. The van der Waals surface area contributed by atoms with Gasteiger partial charge in [-0.15, -0.1) is 0 Å².